The Labute approximate surface area is 176 Å². The van der Waals surface area contributed by atoms with E-state index >= 15 is 0 Å². The molecule has 0 bridgehead atoms. The van der Waals surface area contributed by atoms with Gasteiger partial charge < -0.3 is 18.8 Å². The molecule has 0 aliphatic carbocycles. The van der Waals surface area contributed by atoms with Crippen molar-refractivity contribution in [2.75, 3.05) is 27.3 Å². The summed E-state index contributed by atoms with van der Waals surface area (Å²) < 4.78 is 16.2. The van der Waals surface area contributed by atoms with E-state index < -0.39 is 30.9 Å². The molecule has 2 heterocycles. The van der Waals surface area contributed by atoms with Gasteiger partial charge in [0.25, 0.3) is 5.91 Å². The third kappa shape index (κ3) is 4.69. The van der Waals surface area contributed by atoms with E-state index in [0.29, 0.717) is 22.2 Å². The van der Waals surface area contributed by atoms with Crippen LogP contribution < -0.4 is 0 Å². The Bertz CT molecular complexity index is 1040. The Kier molecular flexibility index (Phi) is 6.53. The number of nitrogens with zero attached hydrogens (tertiary/aromatic N) is 3. The number of carbonyl (C=O) groups excluding carboxylic acids is 3. The summed E-state index contributed by atoms with van der Waals surface area (Å²) in [7, 11) is 2.37. The molecule has 0 saturated carbocycles. The van der Waals surface area contributed by atoms with E-state index in [1.54, 1.807) is 36.4 Å². The average Bonchev–Trinajstić information content (AvgIpc) is 3.42. The predicted octanol–water partition coefficient (Wildman–Crippen LogP) is 2.57. The van der Waals surface area contributed by atoms with E-state index in [1.165, 1.54) is 31.2 Å². The van der Waals surface area contributed by atoms with E-state index in [0.717, 1.165) is 4.90 Å². The standard InChI is InChI=1S/C20H18ClN3O6/c1-28-18(25)11-23(12-19(26)29-2)20(27)15-10-16(17-7-4-8-30-17)24(22-15)14-6-3-5-13(21)9-14/h3-10H,11-12H2,1-2H3. The fraction of sp³-hybridized carbons (Fsp3) is 0.200. The molecule has 0 aliphatic heterocycles. The zero-order valence-corrected chi connectivity index (χ0v) is 17.0. The van der Waals surface area contributed by atoms with Crippen LogP contribution in [-0.4, -0.2) is 59.8 Å². The van der Waals surface area contributed by atoms with Gasteiger partial charge in [0.15, 0.2) is 11.5 Å². The second-order valence-corrected chi connectivity index (χ2v) is 6.53. The third-order valence-corrected chi connectivity index (χ3v) is 4.37. The van der Waals surface area contributed by atoms with Gasteiger partial charge in [-0.3, -0.25) is 14.4 Å². The van der Waals surface area contributed by atoms with Gasteiger partial charge in [0.2, 0.25) is 0 Å². The highest BCUT2D eigenvalue weighted by molar-refractivity contribution is 6.30. The van der Waals surface area contributed by atoms with E-state index in [4.69, 9.17) is 16.0 Å². The summed E-state index contributed by atoms with van der Waals surface area (Å²) in [5.41, 5.74) is 1.08. The van der Waals surface area contributed by atoms with Crippen LogP contribution in [0.3, 0.4) is 0 Å². The van der Waals surface area contributed by atoms with Crippen LogP contribution in [0.15, 0.2) is 53.1 Å². The van der Waals surface area contributed by atoms with Gasteiger partial charge in [-0.2, -0.15) is 5.10 Å². The largest absolute Gasteiger partial charge is 0.468 e. The van der Waals surface area contributed by atoms with Crippen LogP contribution in [0.5, 0.6) is 0 Å². The van der Waals surface area contributed by atoms with E-state index in [-0.39, 0.29) is 5.69 Å². The minimum Gasteiger partial charge on any atom is -0.468 e. The number of amides is 1. The van der Waals surface area contributed by atoms with Gasteiger partial charge >= 0.3 is 11.9 Å². The topological polar surface area (TPSA) is 104 Å². The fourth-order valence-electron chi connectivity index (χ4n) is 2.69. The molecule has 0 atom stereocenters. The number of halogens is 1. The summed E-state index contributed by atoms with van der Waals surface area (Å²) in [6.45, 7) is -0.880. The lowest BCUT2D eigenvalue weighted by molar-refractivity contribution is -0.144. The Morgan fingerprint density at radius 2 is 1.77 bits per heavy atom. The van der Waals surface area contributed by atoms with Crippen molar-refractivity contribution in [3.05, 3.63) is 59.4 Å². The van der Waals surface area contributed by atoms with E-state index in [1.807, 2.05) is 0 Å². The lowest BCUT2D eigenvalue weighted by Gasteiger charge is -2.18. The molecule has 0 saturated heterocycles. The van der Waals surface area contributed by atoms with Crippen molar-refractivity contribution in [3.8, 4) is 17.1 Å². The summed E-state index contributed by atoms with van der Waals surface area (Å²) in [6.07, 6.45) is 1.49. The van der Waals surface area contributed by atoms with Crippen LogP contribution in [0.25, 0.3) is 17.1 Å². The lowest BCUT2D eigenvalue weighted by atomic mass is 10.2. The Balaban J connectivity index is 2.03. The fourth-order valence-corrected chi connectivity index (χ4v) is 2.88. The quantitative estimate of drug-likeness (QED) is 0.529. The van der Waals surface area contributed by atoms with Gasteiger partial charge in [0.05, 0.1) is 26.2 Å². The van der Waals surface area contributed by atoms with Crippen molar-refractivity contribution in [2.45, 2.75) is 0 Å². The number of furan rings is 1. The molecule has 0 aliphatic rings. The molecule has 3 rings (SSSR count). The summed E-state index contributed by atoms with van der Waals surface area (Å²) in [5, 5.41) is 4.85. The Morgan fingerprint density at radius 3 is 2.33 bits per heavy atom. The molecule has 0 spiro atoms. The first-order valence-corrected chi connectivity index (χ1v) is 9.13. The van der Waals surface area contributed by atoms with Crippen molar-refractivity contribution in [1.82, 2.24) is 14.7 Å². The minimum absolute atomic E-state index is 0.00539. The average molecular weight is 432 g/mol. The van der Waals surface area contributed by atoms with Crippen LogP contribution in [0.4, 0.5) is 0 Å². The molecule has 0 N–H and O–H groups in total. The third-order valence-electron chi connectivity index (χ3n) is 4.14. The van der Waals surface area contributed by atoms with Gasteiger partial charge in [0, 0.05) is 11.1 Å². The van der Waals surface area contributed by atoms with Crippen molar-refractivity contribution >= 4 is 29.4 Å². The number of ether oxygens (including phenoxy) is 2. The predicted molar refractivity (Wildman–Crippen MR) is 106 cm³/mol. The number of hydrogen-bond donors (Lipinski definition) is 0. The summed E-state index contributed by atoms with van der Waals surface area (Å²) in [4.78, 5) is 37.5. The van der Waals surface area contributed by atoms with Crippen molar-refractivity contribution in [3.63, 3.8) is 0 Å². The second kappa shape index (κ2) is 9.27. The smallest absolute Gasteiger partial charge is 0.325 e. The summed E-state index contributed by atoms with van der Waals surface area (Å²) in [6, 6.07) is 11.8. The van der Waals surface area contributed by atoms with Gasteiger partial charge in [-0.25, -0.2) is 4.68 Å². The van der Waals surface area contributed by atoms with Gasteiger partial charge in [-0.05, 0) is 30.3 Å². The first-order valence-electron chi connectivity index (χ1n) is 8.75. The number of esters is 2. The van der Waals surface area contributed by atoms with Crippen molar-refractivity contribution in [2.24, 2.45) is 0 Å². The first kappa shape index (κ1) is 21.1. The van der Waals surface area contributed by atoms with Crippen LogP contribution in [-0.2, 0) is 19.1 Å². The van der Waals surface area contributed by atoms with Crippen LogP contribution in [0, 0.1) is 0 Å². The van der Waals surface area contributed by atoms with Crippen molar-refractivity contribution < 1.29 is 28.3 Å². The SMILES string of the molecule is COC(=O)CN(CC(=O)OC)C(=O)c1cc(-c2ccco2)n(-c2cccc(Cl)c2)n1. The van der Waals surface area contributed by atoms with Crippen LogP contribution >= 0.6 is 11.6 Å². The second-order valence-electron chi connectivity index (χ2n) is 6.10. The highest BCUT2D eigenvalue weighted by Crippen LogP contribution is 2.26. The number of aromatic nitrogens is 2. The maximum atomic E-state index is 13.1. The van der Waals surface area contributed by atoms with E-state index in [2.05, 4.69) is 14.6 Å². The number of methoxy groups -OCH3 is 2. The number of rotatable bonds is 7. The first-order chi connectivity index (χ1) is 14.4. The molecule has 30 heavy (non-hydrogen) atoms. The molecule has 0 fully saturated rings. The Hall–Kier alpha value is -3.59. The molecule has 10 heteroatoms. The molecule has 1 amide bonds. The number of benzene rings is 1. The van der Waals surface area contributed by atoms with Crippen molar-refractivity contribution in [1.29, 1.82) is 0 Å². The molecule has 156 valence electrons. The molecule has 0 radical (unpaired) electrons. The van der Waals surface area contributed by atoms with Gasteiger partial charge in [-0.1, -0.05) is 17.7 Å². The van der Waals surface area contributed by atoms with Crippen LogP contribution in [0.1, 0.15) is 10.5 Å². The maximum absolute atomic E-state index is 13.1. The normalized spacial score (nSPS) is 10.5. The molecular formula is C20H18ClN3O6. The lowest BCUT2D eigenvalue weighted by Crippen LogP contribution is -2.40. The molecule has 1 aromatic carbocycles. The number of hydrogen-bond acceptors (Lipinski definition) is 7. The summed E-state index contributed by atoms with van der Waals surface area (Å²) in [5.74, 6) is -1.56. The van der Waals surface area contributed by atoms with Gasteiger partial charge in [0.1, 0.15) is 18.8 Å². The number of carbonyl (C=O) groups is 3. The monoisotopic (exact) mass is 431 g/mol. The molecule has 2 aromatic heterocycles. The zero-order chi connectivity index (χ0) is 21.7. The molecule has 0 unspecified atom stereocenters. The van der Waals surface area contributed by atoms with Gasteiger partial charge in [-0.15, -0.1) is 0 Å². The molecule has 9 nitrogen and oxygen atoms in total. The minimum atomic E-state index is -0.687. The van der Waals surface area contributed by atoms with E-state index in [9.17, 15) is 14.4 Å². The highest BCUT2D eigenvalue weighted by Gasteiger charge is 2.26. The zero-order valence-electron chi connectivity index (χ0n) is 16.2. The van der Waals surface area contributed by atoms with Crippen LogP contribution in [0.2, 0.25) is 5.02 Å². The highest BCUT2D eigenvalue weighted by atomic mass is 35.5. The molecular weight excluding hydrogens is 414 g/mol. The Morgan fingerprint density at radius 1 is 1.07 bits per heavy atom. The maximum Gasteiger partial charge on any atom is 0.325 e. The summed E-state index contributed by atoms with van der Waals surface area (Å²) >= 11 is 6.10. The molecule has 3 aromatic rings.